The summed E-state index contributed by atoms with van der Waals surface area (Å²) >= 11 is 0. The molecule has 4 N–H and O–H groups in total. The predicted molar refractivity (Wildman–Crippen MR) is 208 cm³/mol. The van der Waals surface area contributed by atoms with Crippen LogP contribution in [0, 0.1) is 22.7 Å². The Labute approximate surface area is 322 Å². The lowest BCUT2D eigenvalue weighted by atomic mass is 9.70. The van der Waals surface area contributed by atoms with Crippen LogP contribution in [-0.4, -0.2) is 95.0 Å². The van der Waals surface area contributed by atoms with Crippen LogP contribution >= 0.6 is 0 Å². The molecule has 3 rings (SSSR count). The Morgan fingerprint density at radius 3 is 2.15 bits per heavy atom. The van der Waals surface area contributed by atoms with Crippen molar-refractivity contribution in [1.29, 1.82) is 0 Å². The number of nitrogens with one attached hydrogen (secondary N) is 4. The molecule has 0 aromatic heterocycles. The number of likely N-dealkylation sites (tertiary alicyclic amines) is 2. The van der Waals surface area contributed by atoms with E-state index in [0.717, 1.165) is 31.3 Å². The van der Waals surface area contributed by atoms with Crippen LogP contribution in [0.25, 0.3) is 0 Å². The van der Waals surface area contributed by atoms with E-state index in [1.54, 1.807) is 0 Å². The minimum Gasteiger partial charge on any atom is -0.346 e. The first-order valence-electron chi connectivity index (χ1n) is 20.0. The first-order chi connectivity index (χ1) is 25.4. The minimum absolute atomic E-state index is 0.00566. The molecule has 0 spiro atoms. The van der Waals surface area contributed by atoms with Crippen LogP contribution in [0.3, 0.4) is 0 Å². The summed E-state index contributed by atoms with van der Waals surface area (Å²) in [6.45, 7) is 21.9. The fraction of sp³-hybridized carbons (Fsp3) is 0.732. The molecule has 3 aliphatic rings. The quantitative estimate of drug-likeness (QED) is 0.0958. The van der Waals surface area contributed by atoms with Crippen molar-refractivity contribution in [1.82, 2.24) is 31.1 Å². The molecule has 13 nitrogen and oxygen atoms in total. The highest BCUT2D eigenvalue weighted by atomic mass is 16.2. The van der Waals surface area contributed by atoms with Crippen molar-refractivity contribution in [3.8, 4) is 0 Å². The van der Waals surface area contributed by atoms with E-state index in [2.05, 4.69) is 34.4 Å². The predicted octanol–water partition coefficient (Wildman–Crippen LogP) is 4.55. The molecule has 7 amide bonds. The third-order valence-electron chi connectivity index (χ3n) is 11.6. The average molecular weight is 755 g/mol. The van der Waals surface area contributed by atoms with E-state index < -0.39 is 70.5 Å². The van der Waals surface area contributed by atoms with Crippen molar-refractivity contribution in [3.63, 3.8) is 0 Å². The molecule has 302 valence electrons. The summed E-state index contributed by atoms with van der Waals surface area (Å²) in [5, 5.41) is 11.4. The zero-order chi connectivity index (χ0) is 40.4. The highest BCUT2D eigenvalue weighted by molar-refractivity contribution is 6.38. The van der Waals surface area contributed by atoms with Crippen LogP contribution in [0.5, 0.6) is 0 Å². The molecular weight excluding hydrogens is 688 g/mol. The molecular formula is C41H66N6O7. The number of nitrogens with zero attached hydrogens (tertiary/aromatic N) is 2. The van der Waals surface area contributed by atoms with Gasteiger partial charge in [0.05, 0.1) is 12.1 Å². The number of ketones is 1. The van der Waals surface area contributed by atoms with Gasteiger partial charge in [-0.2, -0.15) is 0 Å². The average Bonchev–Trinajstić information content (AvgIpc) is 3.56. The molecule has 54 heavy (non-hydrogen) atoms. The Kier molecular flexibility index (Phi) is 16.0. The first-order valence-corrected chi connectivity index (χ1v) is 20.0. The fourth-order valence-corrected chi connectivity index (χ4v) is 7.93. The molecule has 2 aliphatic heterocycles. The second kappa shape index (κ2) is 19.5. The van der Waals surface area contributed by atoms with Gasteiger partial charge in [0.1, 0.15) is 12.1 Å². The molecule has 0 aromatic rings. The first kappa shape index (κ1) is 44.4. The molecule has 1 aliphatic carbocycles. The summed E-state index contributed by atoms with van der Waals surface area (Å²) in [6, 6.07) is -4.31. The van der Waals surface area contributed by atoms with E-state index in [0.29, 0.717) is 32.1 Å². The second-order valence-electron chi connectivity index (χ2n) is 17.1. The molecule has 13 heteroatoms. The third kappa shape index (κ3) is 11.3. The molecule has 0 radical (unpaired) electrons. The Bertz CT molecular complexity index is 1410. The Balaban J connectivity index is 1.97. The number of urea groups is 1. The zero-order valence-electron chi connectivity index (χ0n) is 33.8. The lowest BCUT2D eigenvalue weighted by Gasteiger charge is -2.43. The Morgan fingerprint density at radius 1 is 0.963 bits per heavy atom. The maximum atomic E-state index is 15.0. The molecule has 1 saturated carbocycles. The van der Waals surface area contributed by atoms with Crippen molar-refractivity contribution in [3.05, 3.63) is 24.8 Å². The van der Waals surface area contributed by atoms with Gasteiger partial charge in [-0.25, -0.2) is 4.79 Å². The normalized spacial score (nSPS) is 21.9. The summed E-state index contributed by atoms with van der Waals surface area (Å²) in [5.74, 6) is -3.46. The van der Waals surface area contributed by atoms with Gasteiger partial charge in [0.15, 0.2) is 0 Å². The zero-order valence-corrected chi connectivity index (χ0v) is 33.8. The number of hydrogen-bond donors (Lipinski definition) is 4. The van der Waals surface area contributed by atoms with Crippen molar-refractivity contribution < 1.29 is 33.6 Å². The minimum atomic E-state index is -1.09. The number of carbonyl (C=O) groups excluding carboxylic acids is 7. The standard InChI is InChI=1S/C41H66N6O7/c1-10-12-17-29(34(50)37(52)42-23-11-2)43-36(51)33-28(27(5)26(3)4)20-24-46(33)38(53)35(41(9)21-14-13-15-22-41)45-39(54)44-30(40(6,7)8)25-47-31(48)18-16-19-32(47)49/h11,26,28-30,33,35H,2,5,10,12-25H2,1,3-4,6-9H3,(H,42,52)(H,43,51)(H2,44,45,54)/t28-,29?,30-,33+,35-/m1/s1. The van der Waals surface area contributed by atoms with Crippen LogP contribution in [0.15, 0.2) is 24.8 Å². The number of carbonyl (C=O) groups is 7. The maximum absolute atomic E-state index is 15.0. The van der Waals surface area contributed by atoms with Crippen LogP contribution in [-0.2, 0) is 28.8 Å². The number of imide groups is 1. The largest absolute Gasteiger partial charge is 0.346 e. The number of rotatable bonds is 17. The van der Waals surface area contributed by atoms with Crippen molar-refractivity contribution in [2.24, 2.45) is 22.7 Å². The summed E-state index contributed by atoms with van der Waals surface area (Å²) in [5.41, 5.74) is -0.369. The van der Waals surface area contributed by atoms with Crippen LogP contribution in [0.1, 0.15) is 126 Å². The van der Waals surface area contributed by atoms with E-state index in [9.17, 15) is 33.6 Å². The number of Topliss-reactive ketones (excluding diaryl/α,β-unsaturated/α-hetero) is 1. The van der Waals surface area contributed by atoms with Gasteiger partial charge in [0.25, 0.3) is 5.91 Å². The van der Waals surface area contributed by atoms with Gasteiger partial charge in [0.2, 0.25) is 29.4 Å². The van der Waals surface area contributed by atoms with Gasteiger partial charge in [0, 0.05) is 38.4 Å². The van der Waals surface area contributed by atoms with Crippen LogP contribution in [0.2, 0.25) is 0 Å². The smallest absolute Gasteiger partial charge is 0.315 e. The van der Waals surface area contributed by atoms with Crippen molar-refractivity contribution in [2.75, 3.05) is 19.6 Å². The monoisotopic (exact) mass is 754 g/mol. The molecule has 0 aromatic carbocycles. The van der Waals surface area contributed by atoms with Crippen LogP contribution in [0.4, 0.5) is 4.79 Å². The molecule has 0 bridgehead atoms. The lowest BCUT2D eigenvalue weighted by Crippen LogP contribution is -2.63. The van der Waals surface area contributed by atoms with Gasteiger partial charge in [-0.15, -0.1) is 6.58 Å². The molecule has 2 saturated heterocycles. The molecule has 1 unspecified atom stereocenters. The highest BCUT2D eigenvalue weighted by Gasteiger charge is 2.50. The fourth-order valence-electron chi connectivity index (χ4n) is 7.93. The Hall–Kier alpha value is -4.03. The highest BCUT2D eigenvalue weighted by Crippen LogP contribution is 2.41. The second-order valence-corrected chi connectivity index (χ2v) is 17.1. The SMILES string of the molecule is C=CCNC(=O)C(=O)C(CCCC)NC(=O)[C@@H]1[C@@H](C(=C)C(C)C)CCN1C(=O)[C@@H](NC(=O)N[C@H](CN1C(=O)CCCC1=O)C(C)(C)C)C1(C)CCCCC1. The lowest BCUT2D eigenvalue weighted by molar-refractivity contribution is -0.148. The number of piperidine rings is 1. The summed E-state index contributed by atoms with van der Waals surface area (Å²) in [6.07, 6.45) is 8.69. The number of amides is 7. The summed E-state index contributed by atoms with van der Waals surface area (Å²) in [4.78, 5) is 97.5. The van der Waals surface area contributed by atoms with Gasteiger partial charge < -0.3 is 26.2 Å². The van der Waals surface area contributed by atoms with Gasteiger partial charge in [-0.1, -0.05) is 98.8 Å². The van der Waals surface area contributed by atoms with Gasteiger partial charge >= 0.3 is 6.03 Å². The number of hydrogen-bond acceptors (Lipinski definition) is 7. The molecule has 3 fully saturated rings. The van der Waals surface area contributed by atoms with Crippen LogP contribution < -0.4 is 21.3 Å². The van der Waals surface area contributed by atoms with E-state index >= 15 is 0 Å². The van der Waals surface area contributed by atoms with E-state index in [4.69, 9.17) is 0 Å². The Morgan fingerprint density at radius 2 is 1.59 bits per heavy atom. The van der Waals surface area contributed by atoms with E-state index in [1.165, 1.54) is 15.9 Å². The van der Waals surface area contributed by atoms with E-state index in [-0.39, 0.29) is 56.6 Å². The summed E-state index contributed by atoms with van der Waals surface area (Å²) < 4.78 is 0. The molecule has 2 heterocycles. The molecule has 5 atom stereocenters. The third-order valence-corrected chi connectivity index (χ3v) is 11.6. The number of unbranched alkanes of at least 4 members (excludes halogenated alkanes) is 1. The van der Waals surface area contributed by atoms with E-state index in [1.807, 2.05) is 48.5 Å². The van der Waals surface area contributed by atoms with Crippen molar-refractivity contribution in [2.45, 2.75) is 150 Å². The summed E-state index contributed by atoms with van der Waals surface area (Å²) in [7, 11) is 0. The maximum Gasteiger partial charge on any atom is 0.315 e. The van der Waals surface area contributed by atoms with Crippen molar-refractivity contribution >= 4 is 41.4 Å². The topological polar surface area (TPSA) is 174 Å². The van der Waals surface area contributed by atoms with Gasteiger partial charge in [-0.05, 0) is 48.9 Å². The van der Waals surface area contributed by atoms with Gasteiger partial charge in [-0.3, -0.25) is 33.7 Å².